The lowest BCUT2D eigenvalue weighted by Crippen LogP contribution is -2.53. The van der Waals surface area contributed by atoms with Gasteiger partial charge >= 0.3 is 6.09 Å². The molecule has 2 aliphatic rings. The standard InChI is InChI=1S/C21H17FN4O3S/c22-15-1-3-16(4-2-15)26-18-7-14-5-6-25(20(28)29)11-21(14,8-13(18)9-24-26)19(27)17-10-30-12-23-17/h1-4,7,9-10,12H,5-6,8,11H2,(H,28,29). The number of hydrogen-bond donors (Lipinski definition) is 1. The van der Waals surface area contributed by atoms with Gasteiger partial charge in [0.05, 0.1) is 28.5 Å². The summed E-state index contributed by atoms with van der Waals surface area (Å²) in [5, 5.41) is 15.7. The fraction of sp³-hybridized carbons (Fsp3) is 0.238. The molecule has 0 saturated carbocycles. The predicted molar refractivity (Wildman–Crippen MR) is 108 cm³/mol. The molecule has 0 bridgehead atoms. The van der Waals surface area contributed by atoms with Crippen LogP contribution in [0.25, 0.3) is 11.8 Å². The summed E-state index contributed by atoms with van der Waals surface area (Å²) in [6.45, 7) is 0.416. The molecule has 7 nitrogen and oxygen atoms in total. The van der Waals surface area contributed by atoms with Crippen molar-refractivity contribution >= 4 is 29.3 Å². The molecule has 5 rings (SSSR count). The Kier molecular flexibility index (Phi) is 4.28. The fourth-order valence-corrected chi connectivity index (χ4v) is 4.90. The van der Waals surface area contributed by atoms with Gasteiger partial charge in [0, 0.05) is 18.5 Å². The van der Waals surface area contributed by atoms with Gasteiger partial charge in [-0.2, -0.15) is 5.10 Å². The Balaban J connectivity index is 1.62. The number of amides is 1. The molecule has 1 amide bonds. The number of carbonyl (C=O) groups excluding carboxylic acids is 1. The Hall–Kier alpha value is -3.33. The zero-order chi connectivity index (χ0) is 20.9. The molecule has 1 atom stereocenters. The second-order valence-corrected chi connectivity index (χ2v) is 8.25. The predicted octanol–water partition coefficient (Wildman–Crippen LogP) is 3.66. The normalized spacial score (nSPS) is 20.3. The molecule has 1 aliphatic carbocycles. The summed E-state index contributed by atoms with van der Waals surface area (Å²) in [7, 11) is 0. The number of ketones is 1. The molecule has 0 spiro atoms. The van der Waals surface area contributed by atoms with E-state index in [1.165, 1.54) is 28.4 Å². The van der Waals surface area contributed by atoms with Crippen molar-refractivity contribution in [2.75, 3.05) is 13.1 Å². The van der Waals surface area contributed by atoms with Crippen LogP contribution in [-0.2, 0) is 6.42 Å². The molecule has 152 valence electrons. The van der Waals surface area contributed by atoms with Gasteiger partial charge in [0.1, 0.15) is 11.5 Å². The van der Waals surface area contributed by atoms with Crippen molar-refractivity contribution in [2.24, 2.45) is 5.41 Å². The summed E-state index contributed by atoms with van der Waals surface area (Å²) in [6, 6.07) is 6.05. The van der Waals surface area contributed by atoms with Crippen LogP contribution in [-0.4, -0.2) is 49.7 Å². The molecule has 1 aromatic carbocycles. The van der Waals surface area contributed by atoms with Gasteiger partial charge in [-0.1, -0.05) is 5.57 Å². The van der Waals surface area contributed by atoms with E-state index in [0.717, 1.165) is 22.5 Å². The minimum atomic E-state index is -1.03. The van der Waals surface area contributed by atoms with E-state index in [4.69, 9.17) is 0 Å². The van der Waals surface area contributed by atoms with Crippen LogP contribution in [0.5, 0.6) is 0 Å². The van der Waals surface area contributed by atoms with Gasteiger partial charge in [-0.25, -0.2) is 18.9 Å². The fourth-order valence-electron chi connectivity index (χ4n) is 4.37. The lowest BCUT2D eigenvalue weighted by atomic mass is 9.65. The molecule has 30 heavy (non-hydrogen) atoms. The summed E-state index contributed by atoms with van der Waals surface area (Å²) in [4.78, 5) is 30.7. The zero-order valence-corrected chi connectivity index (χ0v) is 16.6. The number of Topliss-reactive ketones (excluding diaryl/α,β-unsaturated/α-hetero) is 1. The number of carboxylic acid groups (broad SMARTS) is 1. The van der Waals surface area contributed by atoms with E-state index in [2.05, 4.69) is 10.1 Å². The molecule has 2 aromatic heterocycles. The van der Waals surface area contributed by atoms with Gasteiger partial charge in [-0.15, -0.1) is 11.3 Å². The largest absolute Gasteiger partial charge is 0.465 e. The smallest absolute Gasteiger partial charge is 0.407 e. The summed E-state index contributed by atoms with van der Waals surface area (Å²) in [6.07, 6.45) is 3.40. The van der Waals surface area contributed by atoms with Crippen LogP contribution in [0.4, 0.5) is 9.18 Å². The second kappa shape index (κ2) is 6.88. The average Bonchev–Trinajstić information content (AvgIpc) is 3.41. The summed E-state index contributed by atoms with van der Waals surface area (Å²) in [5.74, 6) is -0.492. The van der Waals surface area contributed by atoms with Crippen LogP contribution in [0.2, 0.25) is 0 Å². The van der Waals surface area contributed by atoms with E-state index in [9.17, 15) is 19.1 Å². The Morgan fingerprint density at radius 3 is 2.73 bits per heavy atom. The topological polar surface area (TPSA) is 88.3 Å². The minimum absolute atomic E-state index is 0.0890. The van der Waals surface area contributed by atoms with Gasteiger partial charge in [0.25, 0.3) is 0 Å². The van der Waals surface area contributed by atoms with Crippen LogP contribution in [0.3, 0.4) is 0 Å². The molecule has 3 heterocycles. The lowest BCUT2D eigenvalue weighted by Gasteiger charge is -2.44. The van der Waals surface area contributed by atoms with Crippen molar-refractivity contribution < 1.29 is 19.1 Å². The molecule has 0 radical (unpaired) electrons. The van der Waals surface area contributed by atoms with Crippen molar-refractivity contribution in [1.29, 1.82) is 0 Å². The van der Waals surface area contributed by atoms with E-state index < -0.39 is 11.5 Å². The molecule has 1 saturated heterocycles. The Labute approximate surface area is 175 Å². The molecular weight excluding hydrogens is 407 g/mol. The quantitative estimate of drug-likeness (QED) is 0.649. The van der Waals surface area contributed by atoms with Gasteiger partial charge in [0.2, 0.25) is 0 Å². The number of rotatable bonds is 3. The third kappa shape index (κ3) is 2.85. The first kappa shape index (κ1) is 18.7. The van der Waals surface area contributed by atoms with E-state index in [1.54, 1.807) is 33.9 Å². The summed E-state index contributed by atoms with van der Waals surface area (Å²) < 4.78 is 15.1. The highest BCUT2D eigenvalue weighted by Gasteiger charge is 2.50. The van der Waals surface area contributed by atoms with Gasteiger partial charge in [0.15, 0.2) is 5.78 Å². The first-order valence-electron chi connectivity index (χ1n) is 9.43. The highest BCUT2D eigenvalue weighted by Crippen LogP contribution is 2.46. The molecule has 1 aliphatic heterocycles. The molecule has 1 unspecified atom stereocenters. The van der Waals surface area contributed by atoms with E-state index >= 15 is 0 Å². The van der Waals surface area contributed by atoms with Crippen LogP contribution in [0, 0.1) is 11.2 Å². The van der Waals surface area contributed by atoms with E-state index in [-0.39, 0.29) is 18.1 Å². The number of hydrogen-bond acceptors (Lipinski definition) is 5. The number of piperidine rings is 1. The number of nitrogens with zero attached hydrogens (tertiary/aromatic N) is 4. The maximum absolute atomic E-state index is 13.5. The number of thiazole rings is 1. The Morgan fingerprint density at radius 2 is 2.03 bits per heavy atom. The van der Waals surface area contributed by atoms with E-state index in [1.807, 2.05) is 6.08 Å². The number of benzene rings is 1. The minimum Gasteiger partial charge on any atom is -0.465 e. The first-order valence-corrected chi connectivity index (χ1v) is 10.4. The maximum Gasteiger partial charge on any atom is 0.407 e. The summed E-state index contributed by atoms with van der Waals surface area (Å²) in [5.41, 5.74) is 4.25. The van der Waals surface area contributed by atoms with Crippen molar-refractivity contribution in [3.63, 3.8) is 0 Å². The average molecular weight is 424 g/mol. The van der Waals surface area contributed by atoms with Crippen LogP contribution in [0.1, 0.15) is 28.2 Å². The van der Waals surface area contributed by atoms with Crippen molar-refractivity contribution in [1.82, 2.24) is 19.7 Å². The number of aromatic nitrogens is 3. The zero-order valence-electron chi connectivity index (χ0n) is 15.8. The molecular formula is C21H17FN4O3S. The lowest BCUT2D eigenvalue weighted by molar-refractivity contribution is 0.0686. The van der Waals surface area contributed by atoms with Crippen LogP contribution in [0.15, 0.2) is 46.9 Å². The third-order valence-corrected chi connectivity index (χ3v) is 6.44. The molecule has 3 aromatic rings. The second-order valence-electron chi connectivity index (χ2n) is 7.53. The highest BCUT2D eigenvalue weighted by molar-refractivity contribution is 7.07. The van der Waals surface area contributed by atoms with Crippen LogP contribution < -0.4 is 0 Å². The number of carbonyl (C=O) groups is 2. The van der Waals surface area contributed by atoms with Crippen molar-refractivity contribution in [3.05, 3.63) is 69.7 Å². The van der Waals surface area contributed by atoms with Crippen molar-refractivity contribution in [2.45, 2.75) is 12.8 Å². The first-order chi connectivity index (χ1) is 14.5. The summed E-state index contributed by atoms with van der Waals surface area (Å²) >= 11 is 1.33. The molecule has 1 fully saturated rings. The van der Waals surface area contributed by atoms with E-state index in [0.29, 0.717) is 25.1 Å². The van der Waals surface area contributed by atoms with Gasteiger partial charge in [-0.3, -0.25) is 4.79 Å². The van der Waals surface area contributed by atoms with Gasteiger partial charge in [-0.05, 0) is 48.7 Å². The Bertz CT molecular complexity index is 1170. The molecule has 9 heteroatoms. The SMILES string of the molecule is O=C(O)N1CCC2=Cc3c(cnn3-c3ccc(F)cc3)CC2(C(=O)c2cscn2)C1. The van der Waals surface area contributed by atoms with Crippen LogP contribution >= 0.6 is 11.3 Å². The highest BCUT2D eigenvalue weighted by atomic mass is 32.1. The maximum atomic E-state index is 13.5. The van der Waals surface area contributed by atoms with Gasteiger partial charge < -0.3 is 10.0 Å². The Morgan fingerprint density at radius 1 is 1.23 bits per heavy atom. The monoisotopic (exact) mass is 424 g/mol. The third-order valence-electron chi connectivity index (χ3n) is 5.86. The number of fused-ring (bicyclic) bond motifs is 2. The molecule has 1 N–H and O–H groups in total. The number of likely N-dealkylation sites (tertiary alicyclic amines) is 1. The van der Waals surface area contributed by atoms with Crippen molar-refractivity contribution in [3.8, 4) is 5.69 Å². The number of halogens is 1.